The molecule has 0 saturated heterocycles. The minimum absolute atomic E-state index is 0.205. The number of fused-ring (bicyclic) bond motifs is 1. The van der Waals surface area contributed by atoms with Crippen LogP contribution in [0.5, 0.6) is 0 Å². The molecule has 0 aliphatic carbocycles. The van der Waals surface area contributed by atoms with Crippen LogP contribution in [0.3, 0.4) is 0 Å². The molecule has 0 aliphatic rings. The van der Waals surface area contributed by atoms with Crippen LogP contribution >= 0.6 is 34.8 Å². The number of nitriles is 1. The van der Waals surface area contributed by atoms with Gasteiger partial charge >= 0.3 is 0 Å². The van der Waals surface area contributed by atoms with Gasteiger partial charge in [0.25, 0.3) is 0 Å². The van der Waals surface area contributed by atoms with Crippen LogP contribution < -0.4 is 0 Å². The molecule has 1 aromatic heterocycles. The van der Waals surface area contributed by atoms with Crippen molar-refractivity contribution in [2.75, 3.05) is 0 Å². The molecule has 5 heteroatoms. The lowest BCUT2D eigenvalue weighted by Gasteiger charge is -1.99. The van der Waals surface area contributed by atoms with E-state index in [0.29, 0.717) is 31.6 Å². The van der Waals surface area contributed by atoms with E-state index in [1.807, 2.05) is 6.07 Å². The molecule has 0 spiro atoms. The fraction of sp³-hybridized carbons (Fsp3) is 0.100. The second kappa shape index (κ2) is 3.61. The van der Waals surface area contributed by atoms with Crippen molar-refractivity contribution in [2.45, 2.75) is 6.92 Å². The number of furan rings is 1. The summed E-state index contributed by atoms with van der Waals surface area (Å²) in [4.78, 5) is 0. The summed E-state index contributed by atoms with van der Waals surface area (Å²) in [6.45, 7) is 1.74. The Kier molecular flexibility index (Phi) is 2.56. The Morgan fingerprint density at radius 3 is 2.53 bits per heavy atom. The van der Waals surface area contributed by atoms with Crippen molar-refractivity contribution in [1.82, 2.24) is 0 Å². The van der Waals surface area contributed by atoms with Crippen LogP contribution in [0.15, 0.2) is 10.5 Å². The predicted molar refractivity (Wildman–Crippen MR) is 60.7 cm³/mol. The van der Waals surface area contributed by atoms with Crippen LogP contribution in [-0.2, 0) is 0 Å². The van der Waals surface area contributed by atoms with Crippen molar-refractivity contribution in [3.05, 3.63) is 32.5 Å². The summed E-state index contributed by atoms with van der Waals surface area (Å²) in [7, 11) is 0. The summed E-state index contributed by atoms with van der Waals surface area (Å²) in [5, 5.41) is 10.5. The van der Waals surface area contributed by atoms with E-state index in [1.165, 1.54) is 6.07 Å². The molecule has 0 bridgehead atoms. The summed E-state index contributed by atoms with van der Waals surface area (Å²) in [5.74, 6) is 0.205. The summed E-state index contributed by atoms with van der Waals surface area (Å²) in [6, 6.07) is 3.43. The molecule has 0 N–H and O–H groups in total. The monoisotopic (exact) mass is 259 g/mol. The zero-order valence-corrected chi connectivity index (χ0v) is 9.83. The fourth-order valence-electron chi connectivity index (χ4n) is 1.41. The number of benzene rings is 1. The van der Waals surface area contributed by atoms with E-state index < -0.39 is 0 Å². The van der Waals surface area contributed by atoms with Crippen molar-refractivity contribution < 1.29 is 4.42 Å². The minimum Gasteiger partial charge on any atom is -0.444 e. The van der Waals surface area contributed by atoms with Crippen molar-refractivity contribution in [1.29, 1.82) is 5.26 Å². The van der Waals surface area contributed by atoms with Crippen molar-refractivity contribution in [2.24, 2.45) is 0 Å². The molecular weight excluding hydrogens is 256 g/mol. The molecule has 15 heavy (non-hydrogen) atoms. The van der Waals surface area contributed by atoms with Gasteiger partial charge in [0.05, 0.1) is 15.1 Å². The average Bonchev–Trinajstić information content (AvgIpc) is 2.53. The van der Waals surface area contributed by atoms with Gasteiger partial charge in [-0.3, -0.25) is 0 Å². The highest BCUT2D eigenvalue weighted by atomic mass is 35.5. The lowest BCUT2D eigenvalue weighted by Crippen LogP contribution is -1.76. The van der Waals surface area contributed by atoms with Gasteiger partial charge in [0.2, 0.25) is 5.76 Å². The molecule has 0 fully saturated rings. The Bertz CT molecular complexity index is 595. The van der Waals surface area contributed by atoms with Gasteiger partial charge in [0.15, 0.2) is 5.58 Å². The second-order valence-electron chi connectivity index (χ2n) is 3.03. The maximum atomic E-state index is 8.81. The highest BCUT2D eigenvalue weighted by molar-refractivity contribution is 6.47. The molecule has 0 radical (unpaired) electrons. The van der Waals surface area contributed by atoms with E-state index in [1.54, 1.807) is 6.92 Å². The first kappa shape index (κ1) is 10.6. The van der Waals surface area contributed by atoms with Gasteiger partial charge < -0.3 is 4.42 Å². The van der Waals surface area contributed by atoms with Crippen LogP contribution in [-0.4, -0.2) is 0 Å². The molecule has 0 saturated carbocycles. The summed E-state index contributed by atoms with van der Waals surface area (Å²) in [6.07, 6.45) is 0. The summed E-state index contributed by atoms with van der Waals surface area (Å²) < 4.78 is 5.28. The molecular formula is C10H4Cl3NO. The molecule has 2 rings (SSSR count). The van der Waals surface area contributed by atoms with Gasteiger partial charge in [-0.15, -0.1) is 0 Å². The minimum atomic E-state index is 0.205. The average molecular weight is 261 g/mol. The standard InChI is InChI=1S/C10H4Cl3NO/c1-4-7(3-14)15-10-6(12)2-5(11)9(13)8(4)10/h2H,1H3. The highest BCUT2D eigenvalue weighted by Crippen LogP contribution is 2.40. The Labute approximate surface area is 101 Å². The quantitative estimate of drug-likeness (QED) is 0.650. The zero-order chi connectivity index (χ0) is 11.2. The van der Waals surface area contributed by atoms with E-state index in [2.05, 4.69) is 0 Å². The van der Waals surface area contributed by atoms with E-state index in [-0.39, 0.29) is 5.76 Å². The van der Waals surface area contributed by atoms with Crippen molar-refractivity contribution in [3.8, 4) is 6.07 Å². The molecule has 0 amide bonds. The molecule has 76 valence electrons. The first-order valence-electron chi connectivity index (χ1n) is 4.03. The van der Waals surface area contributed by atoms with Gasteiger partial charge in [-0.05, 0) is 13.0 Å². The molecule has 0 aliphatic heterocycles. The topological polar surface area (TPSA) is 36.9 Å². The first-order chi connectivity index (χ1) is 7.06. The lowest BCUT2D eigenvalue weighted by atomic mass is 10.1. The fourth-order valence-corrected chi connectivity index (χ4v) is 2.20. The van der Waals surface area contributed by atoms with Gasteiger partial charge in [0.1, 0.15) is 6.07 Å². The number of rotatable bonds is 0. The van der Waals surface area contributed by atoms with Crippen molar-refractivity contribution >= 4 is 45.8 Å². The third-order valence-corrected chi connectivity index (χ3v) is 3.22. The van der Waals surface area contributed by atoms with E-state index >= 15 is 0 Å². The number of nitrogens with zero attached hydrogens (tertiary/aromatic N) is 1. The molecule has 0 unspecified atom stereocenters. The van der Waals surface area contributed by atoms with Gasteiger partial charge in [-0.25, -0.2) is 0 Å². The highest BCUT2D eigenvalue weighted by Gasteiger charge is 2.18. The molecule has 0 atom stereocenters. The Morgan fingerprint density at radius 2 is 1.93 bits per heavy atom. The number of hydrogen-bond donors (Lipinski definition) is 0. The van der Waals surface area contributed by atoms with Gasteiger partial charge in [0, 0.05) is 10.9 Å². The lowest BCUT2D eigenvalue weighted by molar-refractivity contribution is 0.596. The number of hydrogen-bond acceptors (Lipinski definition) is 2. The van der Waals surface area contributed by atoms with Crippen LogP contribution in [0.1, 0.15) is 11.3 Å². The smallest absolute Gasteiger partial charge is 0.207 e. The molecule has 1 heterocycles. The van der Waals surface area contributed by atoms with Crippen LogP contribution in [0.2, 0.25) is 15.1 Å². The van der Waals surface area contributed by atoms with Gasteiger partial charge in [-0.2, -0.15) is 5.26 Å². The van der Waals surface area contributed by atoms with E-state index in [4.69, 9.17) is 44.5 Å². The normalized spacial score (nSPS) is 10.6. The Balaban J connectivity index is 3.02. The van der Waals surface area contributed by atoms with Gasteiger partial charge in [-0.1, -0.05) is 34.8 Å². The third kappa shape index (κ3) is 1.48. The largest absolute Gasteiger partial charge is 0.444 e. The Morgan fingerprint density at radius 1 is 1.27 bits per heavy atom. The summed E-state index contributed by atoms with van der Waals surface area (Å²) in [5.41, 5.74) is 1.06. The maximum Gasteiger partial charge on any atom is 0.207 e. The SMILES string of the molecule is Cc1c(C#N)oc2c(Cl)cc(Cl)c(Cl)c12. The summed E-state index contributed by atoms with van der Waals surface area (Å²) >= 11 is 17.8. The van der Waals surface area contributed by atoms with Crippen LogP contribution in [0.4, 0.5) is 0 Å². The second-order valence-corrected chi connectivity index (χ2v) is 4.22. The molecule has 2 nitrogen and oxygen atoms in total. The number of halogens is 3. The Hall–Kier alpha value is -0.880. The van der Waals surface area contributed by atoms with Crippen molar-refractivity contribution in [3.63, 3.8) is 0 Å². The maximum absolute atomic E-state index is 8.81. The van der Waals surface area contributed by atoms with Crippen LogP contribution in [0.25, 0.3) is 11.0 Å². The predicted octanol–water partition coefficient (Wildman–Crippen LogP) is 4.57. The van der Waals surface area contributed by atoms with E-state index in [0.717, 1.165) is 0 Å². The zero-order valence-electron chi connectivity index (χ0n) is 7.57. The molecule has 2 aromatic rings. The number of aryl methyl sites for hydroxylation is 1. The van der Waals surface area contributed by atoms with Crippen LogP contribution in [0, 0.1) is 18.3 Å². The third-order valence-electron chi connectivity index (χ3n) is 2.15. The molecule has 1 aromatic carbocycles. The van der Waals surface area contributed by atoms with E-state index in [9.17, 15) is 0 Å². The first-order valence-corrected chi connectivity index (χ1v) is 5.16.